The Labute approximate surface area is 300 Å². The fourth-order valence-electron chi connectivity index (χ4n) is 7.27. The number of anilines is 6. The number of para-hydroxylation sites is 3. The topological polar surface area (TPSA) is 45.7 Å². The van der Waals surface area contributed by atoms with Gasteiger partial charge in [-0.3, -0.25) is 0 Å². The Kier molecular flexibility index (Phi) is 7.07. The molecule has 2 heterocycles. The summed E-state index contributed by atoms with van der Waals surface area (Å²) in [7, 11) is 0. The minimum atomic E-state index is 0.567. The van der Waals surface area contributed by atoms with Gasteiger partial charge >= 0.3 is 0 Å². The lowest BCUT2D eigenvalue weighted by atomic mass is 10.1. The monoisotopic (exact) mass is 669 g/mol. The van der Waals surface area contributed by atoms with Crippen LogP contribution in [0.3, 0.4) is 0 Å². The highest BCUT2D eigenvalue weighted by Crippen LogP contribution is 2.47. The van der Waals surface area contributed by atoms with E-state index in [4.69, 9.17) is 13.8 Å². The number of furan rings is 1. The van der Waals surface area contributed by atoms with E-state index in [0.29, 0.717) is 11.5 Å². The van der Waals surface area contributed by atoms with Gasteiger partial charge in [0.25, 0.3) is 0 Å². The van der Waals surface area contributed by atoms with Crippen LogP contribution in [0.4, 0.5) is 34.1 Å². The number of rotatable bonds is 7. The molecule has 0 saturated carbocycles. The van der Waals surface area contributed by atoms with Crippen LogP contribution in [0.25, 0.3) is 55.3 Å². The first kappa shape index (κ1) is 29.8. The second-order valence-electron chi connectivity index (χ2n) is 12.8. The van der Waals surface area contributed by atoms with E-state index in [1.807, 2.05) is 54.6 Å². The largest absolute Gasteiger partial charge is 0.456 e. The third-order valence-electron chi connectivity index (χ3n) is 9.63. The highest BCUT2D eigenvalue weighted by atomic mass is 16.3. The first-order chi connectivity index (χ1) is 25.8. The standard InChI is InChI=1S/C47H31N3O2/c1-4-16-33(17-5-1)47-48-41-30-37(49(34-19-6-2-7-20-34)36-27-28-45-40(29-36)39-24-12-13-26-44(39)51-45)31-43(46(41)52-47)50(35-21-8-3-9-22-35)42-25-14-18-32-15-10-11-23-38(32)42/h1-31H. The molecular weight excluding hydrogens is 639 g/mol. The van der Waals surface area contributed by atoms with E-state index in [9.17, 15) is 0 Å². The van der Waals surface area contributed by atoms with E-state index in [1.54, 1.807) is 0 Å². The molecule has 0 N–H and O–H groups in total. The van der Waals surface area contributed by atoms with Crippen molar-refractivity contribution in [3.8, 4) is 11.5 Å². The van der Waals surface area contributed by atoms with Crippen molar-refractivity contribution in [2.24, 2.45) is 0 Å². The minimum Gasteiger partial charge on any atom is -0.456 e. The van der Waals surface area contributed by atoms with Crippen LogP contribution in [-0.2, 0) is 0 Å². The number of fused-ring (bicyclic) bond motifs is 5. The quantitative estimate of drug-likeness (QED) is 0.169. The van der Waals surface area contributed by atoms with Gasteiger partial charge in [-0.05, 0) is 84.2 Å². The van der Waals surface area contributed by atoms with Crippen LogP contribution in [0.15, 0.2) is 197 Å². The molecule has 0 atom stereocenters. The predicted molar refractivity (Wildman–Crippen MR) is 214 cm³/mol. The molecule has 0 saturated heterocycles. The van der Waals surface area contributed by atoms with Gasteiger partial charge in [0.05, 0.1) is 17.1 Å². The lowest BCUT2D eigenvalue weighted by Crippen LogP contribution is -2.14. The summed E-state index contributed by atoms with van der Waals surface area (Å²) in [5.74, 6) is 0.567. The number of benzene rings is 8. The second-order valence-corrected chi connectivity index (χ2v) is 12.8. The fraction of sp³-hybridized carbons (Fsp3) is 0. The van der Waals surface area contributed by atoms with Gasteiger partial charge in [0, 0.05) is 38.8 Å². The zero-order valence-electron chi connectivity index (χ0n) is 28.1. The predicted octanol–water partition coefficient (Wildman–Crippen LogP) is 13.5. The molecule has 0 fully saturated rings. The highest BCUT2D eigenvalue weighted by Gasteiger charge is 2.25. The Bertz CT molecular complexity index is 2860. The van der Waals surface area contributed by atoms with Gasteiger partial charge < -0.3 is 18.6 Å². The van der Waals surface area contributed by atoms with Gasteiger partial charge in [-0.1, -0.05) is 109 Å². The maximum Gasteiger partial charge on any atom is 0.227 e. The average molecular weight is 670 g/mol. The van der Waals surface area contributed by atoms with E-state index in [2.05, 4.69) is 143 Å². The van der Waals surface area contributed by atoms with E-state index in [1.165, 1.54) is 0 Å². The number of aromatic nitrogens is 1. The van der Waals surface area contributed by atoms with Crippen molar-refractivity contribution in [1.82, 2.24) is 4.98 Å². The molecule has 246 valence electrons. The molecule has 5 heteroatoms. The van der Waals surface area contributed by atoms with Crippen molar-refractivity contribution in [3.63, 3.8) is 0 Å². The van der Waals surface area contributed by atoms with Crippen LogP contribution >= 0.6 is 0 Å². The Morgan fingerprint density at radius 3 is 1.81 bits per heavy atom. The van der Waals surface area contributed by atoms with Crippen molar-refractivity contribution in [3.05, 3.63) is 188 Å². The summed E-state index contributed by atoms with van der Waals surface area (Å²) < 4.78 is 13.0. The molecule has 8 aromatic carbocycles. The highest BCUT2D eigenvalue weighted by molar-refractivity contribution is 6.08. The molecule has 0 aliphatic rings. The molecule has 0 amide bonds. The molecule has 0 spiro atoms. The first-order valence-electron chi connectivity index (χ1n) is 17.4. The third kappa shape index (κ3) is 5.07. The molecule has 52 heavy (non-hydrogen) atoms. The second kappa shape index (κ2) is 12.3. The molecule has 0 radical (unpaired) electrons. The van der Waals surface area contributed by atoms with Crippen LogP contribution < -0.4 is 9.80 Å². The van der Waals surface area contributed by atoms with Crippen LogP contribution in [-0.4, -0.2) is 4.98 Å². The fourth-order valence-corrected chi connectivity index (χ4v) is 7.27. The summed E-state index contributed by atoms with van der Waals surface area (Å²) in [4.78, 5) is 9.73. The van der Waals surface area contributed by atoms with Gasteiger partial charge in [-0.15, -0.1) is 0 Å². The summed E-state index contributed by atoms with van der Waals surface area (Å²) in [6, 6.07) is 65.0. The molecule has 5 nitrogen and oxygen atoms in total. The molecule has 0 aliphatic heterocycles. The summed E-state index contributed by atoms with van der Waals surface area (Å²) in [6.07, 6.45) is 0. The normalized spacial score (nSPS) is 11.5. The number of hydrogen-bond acceptors (Lipinski definition) is 5. The van der Waals surface area contributed by atoms with Crippen molar-refractivity contribution < 1.29 is 8.83 Å². The molecule has 0 bridgehead atoms. The van der Waals surface area contributed by atoms with Crippen LogP contribution in [0, 0.1) is 0 Å². The minimum absolute atomic E-state index is 0.567. The first-order valence-corrected chi connectivity index (χ1v) is 17.4. The molecule has 2 aromatic heterocycles. The Balaban J connectivity index is 1.28. The summed E-state index contributed by atoms with van der Waals surface area (Å²) in [5.41, 5.74) is 9.97. The van der Waals surface area contributed by atoms with Gasteiger partial charge in [-0.2, -0.15) is 0 Å². The van der Waals surface area contributed by atoms with Gasteiger partial charge in [0.15, 0.2) is 5.58 Å². The molecule has 0 aliphatic carbocycles. The SMILES string of the molecule is c1ccc(-c2nc3cc(N(c4ccccc4)c4ccc5oc6ccccc6c5c4)cc(N(c4ccccc4)c4cccc5ccccc45)c3o2)cc1. The van der Waals surface area contributed by atoms with E-state index in [0.717, 1.165) is 77.9 Å². The van der Waals surface area contributed by atoms with E-state index < -0.39 is 0 Å². The van der Waals surface area contributed by atoms with Crippen molar-refractivity contribution >= 4 is 77.9 Å². The van der Waals surface area contributed by atoms with Crippen LogP contribution in [0.2, 0.25) is 0 Å². The molecule has 10 aromatic rings. The lowest BCUT2D eigenvalue weighted by Gasteiger charge is -2.30. The Morgan fingerprint density at radius 2 is 1.02 bits per heavy atom. The summed E-state index contributed by atoms with van der Waals surface area (Å²) in [6.45, 7) is 0. The zero-order valence-corrected chi connectivity index (χ0v) is 28.1. The molecular formula is C47H31N3O2. The summed E-state index contributed by atoms with van der Waals surface area (Å²) in [5, 5.41) is 4.43. The van der Waals surface area contributed by atoms with E-state index >= 15 is 0 Å². The van der Waals surface area contributed by atoms with Gasteiger partial charge in [0.1, 0.15) is 16.7 Å². The van der Waals surface area contributed by atoms with Crippen LogP contribution in [0.5, 0.6) is 0 Å². The maximum absolute atomic E-state index is 6.78. The van der Waals surface area contributed by atoms with Gasteiger partial charge in [0.2, 0.25) is 5.89 Å². The number of oxazole rings is 1. The Morgan fingerprint density at radius 1 is 0.385 bits per heavy atom. The number of nitrogens with zero attached hydrogens (tertiary/aromatic N) is 3. The molecule has 10 rings (SSSR count). The number of hydrogen-bond donors (Lipinski definition) is 0. The average Bonchev–Trinajstić information content (AvgIpc) is 3.81. The lowest BCUT2D eigenvalue weighted by molar-refractivity contribution is 0.620. The van der Waals surface area contributed by atoms with Crippen LogP contribution in [0.1, 0.15) is 0 Å². The van der Waals surface area contributed by atoms with Crippen molar-refractivity contribution in [2.45, 2.75) is 0 Å². The Hall–Kier alpha value is -7.11. The van der Waals surface area contributed by atoms with Gasteiger partial charge in [-0.25, -0.2) is 4.98 Å². The zero-order chi connectivity index (χ0) is 34.4. The smallest absolute Gasteiger partial charge is 0.227 e. The maximum atomic E-state index is 6.78. The molecule has 0 unspecified atom stereocenters. The third-order valence-corrected chi connectivity index (χ3v) is 9.63. The summed E-state index contributed by atoms with van der Waals surface area (Å²) >= 11 is 0. The van der Waals surface area contributed by atoms with Crippen molar-refractivity contribution in [1.29, 1.82) is 0 Å². The van der Waals surface area contributed by atoms with Crippen molar-refractivity contribution in [2.75, 3.05) is 9.80 Å². The van der Waals surface area contributed by atoms with E-state index in [-0.39, 0.29) is 0 Å².